The summed E-state index contributed by atoms with van der Waals surface area (Å²) in [7, 11) is 4.08. The fourth-order valence-electron chi connectivity index (χ4n) is 4.57. The van der Waals surface area contributed by atoms with Crippen LogP contribution in [-0.2, 0) is 0 Å². The van der Waals surface area contributed by atoms with Crippen LogP contribution in [0, 0.1) is 0 Å². The van der Waals surface area contributed by atoms with Gasteiger partial charge in [-0.05, 0) is 43.5 Å². The van der Waals surface area contributed by atoms with Gasteiger partial charge in [-0.1, -0.05) is 12.1 Å². The highest BCUT2D eigenvalue weighted by Crippen LogP contribution is 2.32. The third-order valence-electron chi connectivity index (χ3n) is 6.36. The number of aromatic amines is 2. The Kier molecular flexibility index (Phi) is 4.71. The van der Waals surface area contributed by atoms with E-state index in [1.807, 2.05) is 38.6 Å². The van der Waals surface area contributed by atoms with Gasteiger partial charge in [0.15, 0.2) is 11.5 Å². The lowest BCUT2D eigenvalue weighted by Crippen LogP contribution is -2.29. The molecule has 0 unspecified atom stereocenters. The topological polar surface area (TPSA) is 89.6 Å². The van der Waals surface area contributed by atoms with E-state index in [1.54, 1.807) is 0 Å². The first-order chi connectivity index (χ1) is 16.2. The number of benzene rings is 1. The number of pyridine rings is 2. The van der Waals surface area contributed by atoms with Crippen molar-refractivity contribution in [2.24, 2.45) is 0 Å². The first-order valence-corrected chi connectivity index (χ1v) is 11.4. The summed E-state index contributed by atoms with van der Waals surface area (Å²) in [5.41, 5.74) is 8.45. The van der Waals surface area contributed by atoms with Crippen molar-refractivity contribution in [1.82, 2.24) is 30.1 Å². The zero-order chi connectivity index (χ0) is 22.4. The number of anilines is 2. The second-order valence-electron chi connectivity index (χ2n) is 8.80. The van der Waals surface area contributed by atoms with E-state index >= 15 is 0 Å². The molecule has 0 spiro atoms. The Hall–Kier alpha value is -3.94. The van der Waals surface area contributed by atoms with Gasteiger partial charge in [0.1, 0.15) is 11.0 Å². The number of nitrogens with zero attached hydrogens (tertiary/aromatic N) is 6. The van der Waals surface area contributed by atoms with E-state index in [4.69, 9.17) is 9.97 Å². The molecule has 0 amide bonds. The second kappa shape index (κ2) is 7.88. The zero-order valence-corrected chi connectivity index (χ0v) is 18.8. The van der Waals surface area contributed by atoms with Gasteiger partial charge in [0.25, 0.3) is 0 Å². The molecule has 1 aromatic carbocycles. The normalized spacial score (nSPS) is 14.3. The lowest BCUT2D eigenvalue weighted by atomic mass is 10.1. The molecule has 8 heteroatoms. The molecule has 0 atom stereocenters. The average molecular weight is 439 g/mol. The smallest absolute Gasteiger partial charge is 0.161 e. The summed E-state index contributed by atoms with van der Waals surface area (Å²) in [6.45, 7) is 2.09. The first kappa shape index (κ1) is 19.7. The van der Waals surface area contributed by atoms with Crippen LogP contribution in [0.3, 0.4) is 0 Å². The molecule has 0 aliphatic carbocycles. The van der Waals surface area contributed by atoms with Crippen LogP contribution in [0.4, 0.5) is 11.4 Å². The molecule has 4 aromatic heterocycles. The molecule has 0 radical (unpaired) electrons. The van der Waals surface area contributed by atoms with Crippen molar-refractivity contribution in [3.05, 3.63) is 48.8 Å². The number of rotatable bonds is 4. The molecule has 1 aliphatic heterocycles. The van der Waals surface area contributed by atoms with Crippen molar-refractivity contribution in [2.45, 2.75) is 19.3 Å². The largest absolute Gasteiger partial charge is 0.378 e. The van der Waals surface area contributed by atoms with Crippen LogP contribution in [0.15, 0.2) is 48.8 Å². The van der Waals surface area contributed by atoms with Gasteiger partial charge in [-0.15, -0.1) is 0 Å². The van der Waals surface area contributed by atoms with E-state index < -0.39 is 0 Å². The third-order valence-corrected chi connectivity index (χ3v) is 6.36. The van der Waals surface area contributed by atoms with Gasteiger partial charge >= 0.3 is 0 Å². The van der Waals surface area contributed by atoms with Gasteiger partial charge in [0, 0.05) is 38.4 Å². The standard InChI is InChI=1S/C25H26N8/c1-32(2)17-8-6-7-16(13-17)18-9-10-19-23(27-18)24(31-30-19)25-28-20-14-26-15-21(22(20)29-25)33-11-4-3-5-12-33/h6-10,13-15H,3-5,11-12H2,1-2H3,(H,28,29)(H,30,31). The molecule has 5 aromatic rings. The summed E-state index contributed by atoms with van der Waals surface area (Å²) in [6, 6.07) is 12.4. The molecular formula is C25H26N8. The summed E-state index contributed by atoms with van der Waals surface area (Å²) in [4.78, 5) is 22.3. The molecule has 2 N–H and O–H groups in total. The number of imidazole rings is 1. The average Bonchev–Trinajstić information content (AvgIpc) is 3.48. The lowest BCUT2D eigenvalue weighted by Gasteiger charge is -2.28. The third kappa shape index (κ3) is 3.47. The number of H-pyrrole nitrogens is 2. The van der Waals surface area contributed by atoms with Crippen molar-refractivity contribution in [2.75, 3.05) is 37.0 Å². The minimum Gasteiger partial charge on any atom is -0.378 e. The highest BCUT2D eigenvalue weighted by molar-refractivity contribution is 5.94. The van der Waals surface area contributed by atoms with Crippen molar-refractivity contribution >= 4 is 33.4 Å². The Morgan fingerprint density at radius 1 is 0.909 bits per heavy atom. The monoisotopic (exact) mass is 438 g/mol. The summed E-state index contributed by atoms with van der Waals surface area (Å²) in [5, 5.41) is 7.67. The van der Waals surface area contributed by atoms with Crippen LogP contribution < -0.4 is 9.80 Å². The highest BCUT2D eigenvalue weighted by Gasteiger charge is 2.19. The number of hydrogen-bond donors (Lipinski definition) is 2. The molecule has 1 aliphatic rings. The Morgan fingerprint density at radius 2 is 1.79 bits per heavy atom. The Labute approximate surface area is 191 Å². The summed E-state index contributed by atoms with van der Waals surface area (Å²) >= 11 is 0. The molecule has 8 nitrogen and oxygen atoms in total. The molecule has 33 heavy (non-hydrogen) atoms. The predicted molar refractivity (Wildman–Crippen MR) is 133 cm³/mol. The summed E-state index contributed by atoms with van der Waals surface area (Å²) < 4.78 is 0. The SMILES string of the molecule is CN(C)c1cccc(-c2ccc3[nH]nc(-c4nc5c(N6CCCCC6)cncc5[nH]4)c3n2)c1. The number of hydrogen-bond acceptors (Lipinski definition) is 6. The molecule has 6 rings (SSSR count). The zero-order valence-electron chi connectivity index (χ0n) is 18.8. The van der Waals surface area contributed by atoms with E-state index in [0.29, 0.717) is 5.82 Å². The first-order valence-electron chi connectivity index (χ1n) is 11.4. The van der Waals surface area contributed by atoms with Crippen molar-refractivity contribution < 1.29 is 0 Å². The van der Waals surface area contributed by atoms with Crippen molar-refractivity contribution in [3.63, 3.8) is 0 Å². The lowest BCUT2D eigenvalue weighted by molar-refractivity contribution is 0.578. The summed E-state index contributed by atoms with van der Waals surface area (Å²) in [6.07, 6.45) is 7.46. The fourth-order valence-corrected chi connectivity index (χ4v) is 4.57. The van der Waals surface area contributed by atoms with Crippen molar-refractivity contribution in [1.29, 1.82) is 0 Å². The Balaban J connectivity index is 1.44. The van der Waals surface area contributed by atoms with E-state index in [9.17, 15) is 0 Å². The minimum absolute atomic E-state index is 0.703. The van der Waals surface area contributed by atoms with Gasteiger partial charge in [0.05, 0.1) is 34.8 Å². The van der Waals surface area contributed by atoms with Crippen LogP contribution in [0.1, 0.15) is 19.3 Å². The quantitative estimate of drug-likeness (QED) is 0.426. The Bertz CT molecular complexity index is 1440. The van der Waals surface area contributed by atoms with Gasteiger partial charge in [-0.3, -0.25) is 10.1 Å². The molecular weight excluding hydrogens is 412 g/mol. The minimum atomic E-state index is 0.703. The number of piperidine rings is 1. The van der Waals surface area contributed by atoms with Crippen LogP contribution in [0.5, 0.6) is 0 Å². The molecule has 5 heterocycles. The van der Waals surface area contributed by atoms with Gasteiger partial charge in [0.2, 0.25) is 0 Å². The molecule has 1 fully saturated rings. The van der Waals surface area contributed by atoms with E-state index in [-0.39, 0.29) is 0 Å². The van der Waals surface area contributed by atoms with Crippen LogP contribution in [0.25, 0.3) is 44.8 Å². The van der Waals surface area contributed by atoms with E-state index in [2.05, 4.69) is 54.2 Å². The number of fused-ring (bicyclic) bond motifs is 2. The molecule has 1 saturated heterocycles. The van der Waals surface area contributed by atoms with Crippen LogP contribution in [0.2, 0.25) is 0 Å². The summed E-state index contributed by atoms with van der Waals surface area (Å²) in [5.74, 6) is 0.703. The number of nitrogens with one attached hydrogen (secondary N) is 2. The van der Waals surface area contributed by atoms with Gasteiger partial charge < -0.3 is 14.8 Å². The maximum atomic E-state index is 4.97. The Morgan fingerprint density at radius 3 is 2.64 bits per heavy atom. The number of aromatic nitrogens is 6. The molecule has 0 bridgehead atoms. The van der Waals surface area contributed by atoms with Crippen LogP contribution in [-0.4, -0.2) is 57.3 Å². The fraction of sp³-hybridized carbons (Fsp3) is 0.280. The second-order valence-corrected chi connectivity index (χ2v) is 8.80. The molecule has 166 valence electrons. The van der Waals surface area contributed by atoms with Crippen molar-refractivity contribution in [3.8, 4) is 22.8 Å². The van der Waals surface area contributed by atoms with E-state index in [0.717, 1.165) is 63.5 Å². The highest BCUT2D eigenvalue weighted by atomic mass is 15.2. The van der Waals surface area contributed by atoms with E-state index in [1.165, 1.54) is 19.3 Å². The maximum Gasteiger partial charge on any atom is 0.161 e. The van der Waals surface area contributed by atoms with Crippen LogP contribution >= 0.6 is 0 Å². The maximum absolute atomic E-state index is 4.97. The predicted octanol–water partition coefficient (Wildman–Crippen LogP) is 4.62. The van der Waals surface area contributed by atoms with Gasteiger partial charge in [-0.25, -0.2) is 9.97 Å². The van der Waals surface area contributed by atoms with Gasteiger partial charge in [-0.2, -0.15) is 5.10 Å². The molecule has 0 saturated carbocycles.